The zero-order valence-electron chi connectivity index (χ0n) is 12.8. The molecule has 0 bridgehead atoms. The lowest BCUT2D eigenvalue weighted by atomic mass is 10.0. The first-order valence-electron chi connectivity index (χ1n) is 7.51. The van der Waals surface area contributed by atoms with Gasteiger partial charge in [0.25, 0.3) is 0 Å². The van der Waals surface area contributed by atoms with E-state index in [9.17, 15) is 0 Å². The Morgan fingerprint density at radius 2 is 1.81 bits per heavy atom. The van der Waals surface area contributed by atoms with Gasteiger partial charge in [0.15, 0.2) is 0 Å². The predicted molar refractivity (Wildman–Crippen MR) is 89.6 cm³/mol. The van der Waals surface area contributed by atoms with Gasteiger partial charge in [-0.1, -0.05) is 36.4 Å². The second-order valence-corrected chi connectivity index (χ2v) is 5.92. The average molecular weight is 281 g/mol. The number of piperazine rings is 1. The van der Waals surface area contributed by atoms with E-state index in [1.54, 1.807) is 0 Å². The monoisotopic (exact) mass is 281 g/mol. The van der Waals surface area contributed by atoms with E-state index >= 15 is 0 Å². The first kappa shape index (κ1) is 14.0. The van der Waals surface area contributed by atoms with Gasteiger partial charge in [0, 0.05) is 31.0 Å². The highest BCUT2D eigenvalue weighted by Gasteiger charge is 2.26. The van der Waals surface area contributed by atoms with E-state index in [0.29, 0.717) is 6.04 Å². The number of hydrogen-bond donors (Lipinski definition) is 1. The molecule has 21 heavy (non-hydrogen) atoms. The summed E-state index contributed by atoms with van der Waals surface area (Å²) < 4.78 is 0. The predicted octanol–water partition coefficient (Wildman–Crippen LogP) is 3.07. The van der Waals surface area contributed by atoms with E-state index in [1.165, 1.54) is 11.3 Å². The van der Waals surface area contributed by atoms with E-state index in [2.05, 4.69) is 72.3 Å². The van der Waals surface area contributed by atoms with Gasteiger partial charge < -0.3 is 15.5 Å². The smallest absolute Gasteiger partial charge is 0.0669 e. The second-order valence-electron chi connectivity index (χ2n) is 5.92. The number of anilines is 2. The first-order chi connectivity index (χ1) is 10.1. The Hall–Kier alpha value is -2.00. The maximum absolute atomic E-state index is 6.10. The van der Waals surface area contributed by atoms with Crippen LogP contribution in [-0.4, -0.2) is 31.6 Å². The number of nitrogen functional groups attached to an aromatic ring is 1. The summed E-state index contributed by atoms with van der Waals surface area (Å²) in [5.74, 6) is 0. The van der Waals surface area contributed by atoms with Crippen molar-refractivity contribution in [3.8, 4) is 0 Å². The summed E-state index contributed by atoms with van der Waals surface area (Å²) in [5, 5.41) is 0. The molecule has 3 nitrogen and oxygen atoms in total. The molecule has 1 heterocycles. The summed E-state index contributed by atoms with van der Waals surface area (Å²) in [7, 11) is 2.19. The maximum Gasteiger partial charge on any atom is 0.0669 e. The molecule has 3 rings (SSSR count). The van der Waals surface area contributed by atoms with Crippen LogP contribution in [0.1, 0.15) is 17.2 Å². The van der Waals surface area contributed by atoms with Crippen molar-refractivity contribution in [3.05, 3.63) is 59.7 Å². The molecule has 0 spiro atoms. The number of benzene rings is 2. The SMILES string of the molecule is Cc1ccc(N2CCN(C)CC2c2ccccc2)cc1N. The summed E-state index contributed by atoms with van der Waals surface area (Å²) >= 11 is 0. The molecule has 2 aromatic carbocycles. The number of aryl methyl sites for hydroxylation is 1. The van der Waals surface area contributed by atoms with Crippen LogP contribution >= 0.6 is 0 Å². The molecule has 1 aliphatic heterocycles. The summed E-state index contributed by atoms with van der Waals surface area (Å²) in [5.41, 5.74) is 10.7. The van der Waals surface area contributed by atoms with Gasteiger partial charge in [-0.2, -0.15) is 0 Å². The lowest BCUT2D eigenvalue weighted by molar-refractivity contribution is 0.269. The van der Waals surface area contributed by atoms with Crippen LogP contribution in [-0.2, 0) is 0 Å². The molecule has 110 valence electrons. The lowest BCUT2D eigenvalue weighted by Gasteiger charge is -2.42. The fraction of sp³-hybridized carbons (Fsp3) is 0.333. The fourth-order valence-electron chi connectivity index (χ4n) is 3.00. The van der Waals surface area contributed by atoms with Crippen molar-refractivity contribution in [2.45, 2.75) is 13.0 Å². The summed E-state index contributed by atoms with van der Waals surface area (Å²) in [6.07, 6.45) is 0. The topological polar surface area (TPSA) is 32.5 Å². The number of hydrogen-bond acceptors (Lipinski definition) is 3. The Morgan fingerprint density at radius 1 is 1.05 bits per heavy atom. The largest absolute Gasteiger partial charge is 0.398 e. The van der Waals surface area contributed by atoms with Crippen LogP contribution in [0.25, 0.3) is 0 Å². The molecule has 0 amide bonds. The molecule has 1 atom stereocenters. The highest BCUT2D eigenvalue weighted by Crippen LogP contribution is 2.31. The molecule has 0 aromatic heterocycles. The standard InChI is InChI=1S/C18H23N3/c1-14-8-9-16(12-17(14)19)21-11-10-20(2)13-18(21)15-6-4-3-5-7-15/h3-9,12,18H,10-11,13,19H2,1-2H3. The van der Waals surface area contributed by atoms with Gasteiger partial charge in [0.05, 0.1) is 6.04 Å². The number of rotatable bonds is 2. The molecule has 0 radical (unpaired) electrons. The van der Waals surface area contributed by atoms with E-state index < -0.39 is 0 Å². The summed E-state index contributed by atoms with van der Waals surface area (Å²) in [4.78, 5) is 4.87. The average Bonchev–Trinajstić information content (AvgIpc) is 2.51. The van der Waals surface area contributed by atoms with Crippen LogP contribution in [0.4, 0.5) is 11.4 Å². The van der Waals surface area contributed by atoms with Crippen molar-refractivity contribution in [2.24, 2.45) is 0 Å². The Balaban J connectivity index is 1.96. The number of likely N-dealkylation sites (N-methyl/N-ethyl adjacent to an activating group) is 1. The zero-order chi connectivity index (χ0) is 14.8. The Morgan fingerprint density at radius 3 is 2.52 bits per heavy atom. The van der Waals surface area contributed by atoms with Crippen molar-refractivity contribution >= 4 is 11.4 Å². The normalized spacial score (nSPS) is 19.7. The Bertz CT molecular complexity index is 609. The molecule has 2 aromatic rings. The van der Waals surface area contributed by atoms with E-state index in [4.69, 9.17) is 5.73 Å². The minimum absolute atomic E-state index is 0.382. The first-order valence-corrected chi connectivity index (χ1v) is 7.51. The van der Waals surface area contributed by atoms with E-state index in [1.807, 2.05) is 0 Å². The van der Waals surface area contributed by atoms with Crippen LogP contribution in [0.5, 0.6) is 0 Å². The van der Waals surface area contributed by atoms with Crippen molar-refractivity contribution < 1.29 is 0 Å². The second kappa shape index (κ2) is 5.78. The van der Waals surface area contributed by atoms with Gasteiger partial charge in [0.2, 0.25) is 0 Å². The van der Waals surface area contributed by atoms with Gasteiger partial charge in [0.1, 0.15) is 0 Å². The van der Waals surface area contributed by atoms with Crippen molar-refractivity contribution in [2.75, 3.05) is 37.3 Å². The van der Waals surface area contributed by atoms with Crippen LogP contribution in [0.15, 0.2) is 48.5 Å². The molecule has 3 heteroatoms. The van der Waals surface area contributed by atoms with Crippen LogP contribution in [0.2, 0.25) is 0 Å². The molecular formula is C18H23N3. The van der Waals surface area contributed by atoms with Crippen LogP contribution in [0, 0.1) is 6.92 Å². The van der Waals surface area contributed by atoms with Gasteiger partial charge in [-0.25, -0.2) is 0 Å². The van der Waals surface area contributed by atoms with Crippen molar-refractivity contribution in [1.82, 2.24) is 4.90 Å². The number of nitrogens with zero attached hydrogens (tertiary/aromatic N) is 2. The molecule has 0 aliphatic carbocycles. The van der Waals surface area contributed by atoms with Gasteiger partial charge >= 0.3 is 0 Å². The molecule has 1 unspecified atom stereocenters. The lowest BCUT2D eigenvalue weighted by Crippen LogP contribution is -2.46. The Labute approximate surface area is 127 Å². The third-order valence-corrected chi connectivity index (χ3v) is 4.36. The third kappa shape index (κ3) is 2.88. The summed E-state index contributed by atoms with van der Waals surface area (Å²) in [6.45, 7) is 5.20. The van der Waals surface area contributed by atoms with Crippen molar-refractivity contribution in [3.63, 3.8) is 0 Å². The van der Waals surface area contributed by atoms with Crippen LogP contribution < -0.4 is 10.6 Å². The van der Waals surface area contributed by atoms with E-state index in [-0.39, 0.29) is 0 Å². The third-order valence-electron chi connectivity index (χ3n) is 4.36. The van der Waals surface area contributed by atoms with Gasteiger partial charge in [-0.05, 0) is 37.2 Å². The van der Waals surface area contributed by atoms with Crippen molar-refractivity contribution in [1.29, 1.82) is 0 Å². The Kier molecular flexibility index (Phi) is 3.84. The molecule has 1 fully saturated rings. The highest BCUT2D eigenvalue weighted by molar-refractivity contribution is 5.61. The van der Waals surface area contributed by atoms with Gasteiger partial charge in [-0.15, -0.1) is 0 Å². The fourth-order valence-corrected chi connectivity index (χ4v) is 3.00. The summed E-state index contributed by atoms with van der Waals surface area (Å²) in [6, 6.07) is 17.5. The zero-order valence-corrected chi connectivity index (χ0v) is 12.8. The van der Waals surface area contributed by atoms with Gasteiger partial charge in [-0.3, -0.25) is 0 Å². The minimum Gasteiger partial charge on any atom is -0.398 e. The molecule has 0 saturated carbocycles. The quantitative estimate of drug-likeness (QED) is 0.859. The minimum atomic E-state index is 0.382. The van der Waals surface area contributed by atoms with Crippen LogP contribution in [0.3, 0.4) is 0 Å². The molecule has 2 N–H and O–H groups in total. The molecule has 1 saturated heterocycles. The molecular weight excluding hydrogens is 258 g/mol. The molecule has 1 aliphatic rings. The maximum atomic E-state index is 6.10. The van der Waals surface area contributed by atoms with E-state index in [0.717, 1.165) is 30.9 Å². The number of nitrogens with two attached hydrogens (primary N) is 1. The highest BCUT2D eigenvalue weighted by atomic mass is 15.3.